The molecular formula is C17H23NO3. The van der Waals surface area contributed by atoms with Crippen LogP contribution in [0.4, 0.5) is 0 Å². The number of aliphatic hydroxyl groups excluding tert-OH is 1. The van der Waals surface area contributed by atoms with Gasteiger partial charge in [0.2, 0.25) is 0 Å². The van der Waals surface area contributed by atoms with E-state index < -0.39 is 5.60 Å². The van der Waals surface area contributed by atoms with E-state index in [2.05, 4.69) is 16.7 Å². The van der Waals surface area contributed by atoms with Crippen molar-refractivity contribution in [2.75, 3.05) is 32.8 Å². The molecule has 0 unspecified atom stereocenters. The van der Waals surface area contributed by atoms with Crippen LogP contribution < -0.4 is 4.74 Å². The number of nitrogens with zero attached hydrogens (tertiary/aromatic N) is 1. The highest BCUT2D eigenvalue weighted by molar-refractivity contribution is 5.39. The fourth-order valence-electron chi connectivity index (χ4n) is 2.36. The van der Waals surface area contributed by atoms with Crippen LogP contribution in [0, 0.1) is 11.8 Å². The molecule has 0 radical (unpaired) electrons. The van der Waals surface area contributed by atoms with Gasteiger partial charge in [0, 0.05) is 25.2 Å². The van der Waals surface area contributed by atoms with Gasteiger partial charge in [-0.25, -0.2) is 0 Å². The van der Waals surface area contributed by atoms with Crippen molar-refractivity contribution >= 4 is 0 Å². The molecule has 0 aliphatic carbocycles. The van der Waals surface area contributed by atoms with Gasteiger partial charge in [0.25, 0.3) is 0 Å². The summed E-state index contributed by atoms with van der Waals surface area (Å²) >= 11 is 0. The first-order chi connectivity index (χ1) is 10.1. The van der Waals surface area contributed by atoms with E-state index in [0.29, 0.717) is 6.61 Å². The predicted octanol–water partition coefficient (Wildman–Crippen LogP) is 1.26. The number of benzene rings is 1. The van der Waals surface area contributed by atoms with E-state index in [0.717, 1.165) is 43.8 Å². The molecule has 1 saturated heterocycles. The lowest BCUT2D eigenvalue weighted by Crippen LogP contribution is -2.43. The summed E-state index contributed by atoms with van der Waals surface area (Å²) in [5.41, 5.74) is 0.340. The summed E-state index contributed by atoms with van der Waals surface area (Å²) in [5.74, 6) is 6.29. The number of piperidine rings is 1. The topological polar surface area (TPSA) is 52.9 Å². The zero-order chi connectivity index (χ0) is 15.1. The second-order valence-electron chi connectivity index (χ2n) is 5.67. The molecule has 0 saturated carbocycles. The molecule has 2 rings (SSSR count). The Morgan fingerprint density at radius 3 is 2.81 bits per heavy atom. The number of aliphatic hydroxyl groups is 2. The summed E-state index contributed by atoms with van der Waals surface area (Å²) in [6.07, 6.45) is 1.64. The Morgan fingerprint density at radius 1 is 1.33 bits per heavy atom. The average Bonchev–Trinajstić information content (AvgIpc) is 2.47. The monoisotopic (exact) mass is 289 g/mol. The fourth-order valence-corrected chi connectivity index (χ4v) is 2.36. The number of likely N-dealkylation sites (tertiary alicyclic amines) is 1. The van der Waals surface area contributed by atoms with Gasteiger partial charge in [-0.2, -0.15) is 0 Å². The number of hydrogen-bond donors (Lipinski definition) is 2. The van der Waals surface area contributed by atoms with Gasteiger partial charge in [-0.3, -0.25) is 4.90 Å². The van der Waals surface area contributed by atoms with E-state index in [1.807, 2.05) is 31.2 Å². The molecule has 1 aliphatic rings. The summed E-state index contributed by atoms with van der Waals surface area (Å²) < 4.78 is 5.75. The van der Waals surface area contributed by atoms with Crippen LogP contribution in [-0.2, 0) is 0 Å². The quantitative estimate of drug-likeness (QED) is 0.819. The van der Waals surface area contributed by atoms with Gasteiger partial charge in [0.1, 0.15) is 19.0 Å². The van der Waals surface area contributed by atoms with Crippen LogP contribution in [0.1, 0.15) is 25.3 Å². The molecule has 21 heavy (non-hydrogen) atoms. The van der Waals surface area contributed by atoms with Crippen molar-refractivity contribution in [1.29, 1.82) is 0 Å². The Kier molecular flexibility index (Phi) is 5.63. The number of rotatable bonds is 4. The Hall–Kier alpha value is -1.54. The van der Waals surface area contributed by atoms with Crippen LogP contribution in [0.25, 0.3) is 0 Å². The van der Waals surface area contributed by atoms with E-state index in [9.17, 15) is 5.11 Å². The molecule has 1 heterocycles. The number of ether oxygens (including phenoxy) is 1. The smallest absolute Gasteiger partial charge is 0.120 e. The Morgan fingerprint density at radius 2 is 2.10 bits per heavy atom. The summed E-state index contributed by atoms with van der Waals surface area (Å²) in [7, 11) is 0. The van der Waals surface area contributed by atoms with Gasteiger partial charge >= 0.3 is 0 Å². The van der Waals surface area contributed by atoms with E-state index in [1.54, 1.807) is 0 Å². The van der Waals surface area contributed by atoms with Gasteiger partial charge < -0.3 is 14.9 Å². The molecule has 2 N–H and O–H groups in total. The van der Waals surface area contributed by atoms with Crippen molar-refractivity contribution < 1.29 is 14.9 Å². The van der Waals surface area contributed by atoms with Crippen molar-refractivity contribution in [3.05, 3.63) is 29.8 Å². The first-order valence-electron chi connectivity index (χ1n) is 7.36. The molecule has 0 atom stereocenters. The van der Waals surface area contributed by atoms with Crippen molar-refractivity contribution in [2.24, 2.45) is 0 Å². The van der Waals surface area contributed by atoms with Gasteiger partial charge in [-0.05, 0) is 38.0 Å². The third-order valence-electron chi connectivity index (χ3n) is 3.76. The molecule has 4 nitrogen and oxygen atoms in total. The highest BCUT2D eigenvalue weighted by Gasteiger charge is 2.26. The van der Waals surface area contributed by atoms with Crippen LogP contribution in [0.5, 0.6) is 5.75 Å². The molecule has 1 aliphatic heterocycles. The van der Waals surface area contributed by atoms with Crippen molar-refractivity contribution in [2.45, 2.75) is 25.4 Å². The minimum atomic E-state index is -0.503. The lowest BCUT2D eigenvalue weighted by Gasteiger charge is -2.35. The maximum atomic E-state index is 9.91. The second kappa shape index (κ2) is 7.46. The molecule has 1 aromatic carbocycles. The molecule has 0 amide bonds. The zero-order valence-corrected chi connectivity index (χ0v) is 12.5. The highest BCUT2D eigenvalue weighted by Crippen LogP contribution is 2.20. The van der Waals surface area contributed by atoms with Crippen molar-refractivity contribution in [1.82, 2.24) is 4.90 Å². The lowest BCUT2D eigenvalue weighted by atomic mass is 9.94. The fraction of sp³-hybridized carbons (Fsp3) is 0.529. The van der Waals surface area contributed by atoms with Crippen LogP contribution >= 0.6 is 0 Å². The Labute approximate surface area is 126 Å². The highest BCUT2D eigenvalue weighted by atomic mass is 16.5. The summed E-state index contributed by atoms with van der Waals surface area (Å²) in [5, 5.41) is 18.6. The first kappa shape index (κ1) is 15.8. The Bertz CT molecular complexity index is 506. The second-order valence-corrected chi connectivity index (χ2v) is 5.67. The van der Waals surface area contributed by atoms with Crippen LogP contribution in [-0.4, -0.2) is 53.6 Å². The minimum absolute atomic E-state index is 0.135. The molecular weight excluding hydrogens is 266 g/mol. The molecule has 114 valence electrons. The first-order valence-corrected chi connectivity index (χ1v) is 7.36. The minimum Gasteiger partial charge on any atom is -0.492 e. The summed E-state index contributed by atoms with van der Waals surface area (Å²) in [6, 6.07) is 7.58. The van der Waals surface area contributed by atoms with Gasteiger partial charge in [0.15, 0.2) is 0 Å². The van der Waals surface area contributed by atoms with Crippen LogP contribution in [0.15, 0.2) is 24.3 Å². The summed E-state index contributed by atoms with van der Waals surface area (Å²) in [6.45, 7) is 5.09. The third kappa shape index (κ3) is 5.39. The maximum Gasteiger partial charge on any atom is 0.120 e. The normalized spacial score (nSPS) is 17.9. The predicted molar refractivity (Wildman–Crippen MR) is 82.2 cm³/mol. The zero-order valence-electron chi connectivity index (χ0n) is 12.5. The van der Waals surface area contributed by atoms with Crippen LogP contribution in [0.3, 0.4) is 0 Å². The molecule has 0 spiro atoms. The molecule has 1 fully saturated rings. The molecule has 0 aromatic heterocycles. The van der Waals surface area contributed by atoms with Crippen LogP contribution in [0.2, 0.25) is 0 Å². The Balaban J connectivity index is 1.76. The van der Waals surface area contributed by atoms with Crippen molar-refractivity contribution in [3.63, 3.8) is 0 Å². The third-order valence-corrected chi connectivity index (χ3v) is 3.76. The molecule has 1 aromatic rings. The summed E-state index contributed by atoms with van der Waals surface area (Å²) in [4.78, 5) is 2.31. The molecule has 0 bridgehead atoms. The van der Waals surface area contributed by atoms with Gasteiger partial charge in [-0.1, -0.05) is 17.9 Å². The maximum absolute atomic E-state index is 9.91. The van der Waals surface area contributed by atoms with E-state index in [-0.39, 0.29) is 6.61 Å². The average molecular weight is 289 g/mol. The van der Waals surface area contributed by atoms with E-state index in [1.165, 1.54) is 0 Å². The molecule has 4 heteroatoms. The van der Waals surface area contributed by atoms with E-state index >= 15 is 0 Å². The van der Waals surface area contributed by atoms with Gasteiger partial charge in [-0.15, -0.1) is 0 Å². The lowest BCUT2D eigenvalue weighted by molar-refractivity contribution is -0.00768. The van der Waals surface area contributed by atoms with E-state index in [4.69, 9.17) is 9.84 Å². The number of hydrogen-bond acceptors (Lipinski definition) is 4. The van der Waals surface area contributed by atoms with Gasteiger partial charge in [0.05, 0.1) is 5.60 Å². The van der Waals surface area contributed by atoms with Crippen molar-refractivity contribution in [3.8, 4) is 17.6 Å². The largest absolute Gasteiger partial charge is 0.492 e. The standard InChI is InChI=1S/C17H23NO3/c1-17(20)7-9-18(10-8-17)11-13-21-16-6-2-4-15(14-16)5-3-12-19/h2,4,6,14,19-20H,7-13H2,1H3. The SMILES string of the molecule is CC1(O)CCN(CCOc2cccc(C#CCO)c2)CC1.